The number of esters is 2. The molecule has 0 spiro atoms. The second-order valence-electron chi connectivity index (χ2n) is 5.58. The zero-order valence-electron chi connectivity index (χ0n) is 13.9. The molecule has 1 aliphatic carbocycles. The number of benzene rings is 1. The zero-order valence-corrected chi connectivity index (χ0v) is 14.7. The number of ether oxygens (including phenoxy) is 2. The highest BCUT2D eigenvalue weighted by atomic mass is 32.1. The van der Waals surface area contributed by atoms with E-state index in [-0.39, 0.29) is 5.91 Å². The predicted octanol–water partition coefficient (Wildman–Crippen LogP) is 3.06. The van der Waals surface area contributed by atoms with E-state index in [4.69, 9.17) is 4.74 Å². The van der Waals surface area contributed by atoms with Crippen LogP contribution in [-0.2, 0) is 22.3 Å². The van der Waals surface area contributed by atoms with E-state index < -0.39 is 11.9 Å². The molecule has 0 bridgehead atoms. The minimum Gasteiger partial charge on any atom is -0.465 e. The van der Waals surface area contributed by atoms with Gasteiger partial charge in [-0.25, -0.2) is 9.59 Å². The average molecular weight is 359 g/mol. The van der Waals surface area contributed by atoms with E-state index in [2.05, 4.69) is 10.1 Å². The number of nitrogens with one attached hydrogen (secondary N) is 1. The first-order valence-electron chi connectivity index (χ1n) is 7.77. The molecule has 1 heterocycles. The van der Waals surface area contributed by atoms with Crippen molar-refractivity contribution < 1.29 is 23.9 Å². The highest BCUT2D eigenvalue weighted by molar-refractivity contribution is 7.17. The molecule has 1 N–H and O–H groups in total. The van der Waals surface area contributed by atoms with Crippen LogP contribution in [0.2, 0.25) is 0 Å². The van der Waals surface area contributed by atoms with Gasteiger partial charge >= 0.3 is 11.9 Å². The fraction of sp³-hybridized carbons (Fsp3) is 0.278. The van der Waals surface area contributed by atoms with Crippen molar-refractivity contribution in [3.8, 4) is 0 Å². The Balaban J connectivity index is 1.84. The summed E-state index contributed by atoms with van der Waals surface area (Å²) in [7, 11) is 2.63. The van der Waals surface area contributed by atoms with Crippen molar-refractivity contribution in [1.29, 1.82) is 0 Å². The van der Waals surface area contributed by atoms with Gasteiger partial charge in [0.1, 0.15) is 5.00 Å². The summed E-state index contributed by atoms with van der Waals surface area (Å²) >= 11 is 1.42. The molecule has 0 atom stereocenters. The van der Waals surface area contributed by atoms with Gasteiger partial charge in [-0.15, -0.1) is 11.3 Å². The van der Waals surface area contributed by atoms with Crippen molar-refractivity contribution in [3.05, 3.63) is 51.4 Å². The molecule has 25 heavy (non-hydrogen) atoms. The molecule has 0 aliphatic heterocycles. The average Bonchev–Trinajstić information content (AvgIpc) is 3.21. The number of aryl methyl sites for hydroxylation is 1. The van der Waals surface area contributed by atoms with Gasteiger partial charge in [-0.3, -0.25) is 4.79 Å². The predicted molar refractivity (Wildman–Crippen MR) is 93.4 cm³/mol. The van der Waals surface area contributed by atoms with Gasteiger partial charge in [0, 0.05) is 10.4 Å². The van der Waals surface area contributed by atoms with E-state index in [1.165, 1.54) is 37.7 Å². The molecule has 1 aromatic heterocycles. The van der Waals surface area contributed by atoms with Crippen LogP contribution in [0.25, 0.3) is 0 Å². The number of rotatable bonds is 4. The number of anilines is 1. The Morgan fingerprint density at radius 3 is 2.24 bits per heavy atom. The van der Waals surface area contributed by atoms with Crippen LogP contribution in [0.3, 0.4) is 0 Å². The number of methoxy groups -OCH3 is 2. The van der Waals surface area contributed by atoms with Gasteiger partial charge in [0.2, 0.25) is 0 Å². The number of fused-ring (bicyclic) bond motifs is 1. The van der Waals surface area contributed by atoms with E-state index in [1.807, 2.05) is 0 Å². The minimum absolute atomic E-state index is 0.346. The summed E-state index contributed by atoms with van der Waals surface area (Å²) in [5, 5.41) is 3.31. The monoisotopic (exact) mass is 359 g/mol. The number of thiophene rings is 1. The van der Waals surface area contributed by atoms with Crippen molar-refractivity contribution in [3.63, 3.8) is 0 Å². The Bertz CT molecular complexity index is 838. The third kappa shape index (κ3) is 3.28. The van der Waals surface area contributed by atoms with Crippen molar-refractivity contribution in [2.24, 2.45) is 0 Å². The Kier molecular flexibility index (Phi) is 4.85. The van der Waals surface area contributed by atoms with Crippen LogP contribution in [0.5, 0.6) is 0 Å². The Morgan fingerprint density at radius 1 is 0.960 bits per heavy atom. The van der Waals surface area contributed by atoms with Crippen LogP contribution in [0.15, 0.2) is 24.3 Å². The van der Waals surface area contributed by atoms with Crippen molar-refractivity contribution >= 4 is 34.2 Å². The van der Waals surface area contributed by atoms with Crippen molar-refractivity contribution in [2.75, 3.05) is 19.5 Å². The third-order valence-corrected chi connectivity index (χ3v) is 5.31. The van der Waals surface area contributed by atoms with E-state index in [1.54, 1.807) is 12.1 Å². The summed E-state index contributed by atoms with van der Waals surface area (Å²) in [6.45, 7) is 0. The molecule has 2 aromatic rings. The molecule has 0 saturated heterocycles. The summed E-state index contributed by atoms with van der Waals surface area (Å²) in [5.74, 6) is -1.24. The summed E-state index contributed by atoms with van der Waals surface area (Å²) in [6, 6.07) is 6.13. The van der Waals surface area contributed by atoms with Crippen LogP contribution in [-0.4, -0.2) is 32.1 Å². The second-order valence-corrected chi connectivity index (χ2v) is 6.68. The number of carbonyl (C=O) groups excluding carboxylic acids is 3. The van der Waals surface area contributed by atoms with Gasteiger partial charge in [-0.2, -0.15) is 0 Å². The molecule has 1 amide bonds. The third-order valence-electron chi connectivity index (χ3n) is 4.11. The van der Waals surface area contributed by atoms with Crippen LogP contribution >= 0.6 is 11.3 Å². The Morgan fingerprint density at radius 2 is 1.60 bits per heavy atom. The van der Waals surface area contributed by atoms with Gasteiger partial charge in [0.25, 0.3) is 5.91 Å². The largest absolute Gasteiger partial charge is 0.465 e. The molecule has 1 aliphatic rings. The standard InChI is InChI=1S/C18H17NO5S/c1-23-17(21)11-8-6-10(7-9-11)15(20)19-16-14(18(22)24-2)12-4-3-5-13(12)25-16/h6-9H,3-5H2,1-2H3,(H,19,20). The lowest BCUT2D eigenvalue weighted by Gasteiger charge is -2.07. The topological polar surface area (TPSA) is 81.7 Å². The highest BCUT2D eigenvalue weighted by Gasteiger charge is 2.28. The van der Waals surface area contributed by atoms with Gasteiger partial charge in [-0.1, -0.05) is 0 Å². The Hall–Kier alpha value is -2.67. The van der Waals surface area contributed by atoms with Crippen LogP contribution in [0, 0.1) is 0 Å². The number of amides is 1. The molecule has 130 valence electrons. The molecule has 0 fully saturated rings. The second kappa shape index (κ2) is 7.06. The lowest BCUT2D eigenvalue weighted by atomic mass is 10.1. The molecular weight excluding hydrogens is 342 g/mol. The van der Waals surface area contributed by atoms with Crippen LogP contribution in [0.4, 0.5) is 5.00 Å². The van der Waals surface area contributed by atoms with Crippen molar-refractivity contribution in [1.82, 2.24) is 0 Å². The molecule has 0 unspecified atom stereocenters. The summed E-state index contributed by atoms with van der Waals surface area (Å²) in [6.07, 6.45) is 2.74. The molecule has 3 rings (SSSR count). The molecule has 0 radical (unpaired) electrons. The maximum absolute atomic E-state index is 12.5. The Labute approximate surface area is 148 Å². The van der Waals surface area contributed by atoms with Crippen LogP contribution in [0.1, 0.15) is 47.9 Å². The normalized spacial score (nSPS) is 12.4. The lowest BCUT2D eigenvalue weighted by Crippen LogP contribution is -2.15. The summed E-state index contributed by atoms with van der Waals surface area (Å²) in [4.78, 5) is 37.2. The lowest BCUT2D eigenvalue weighted by molar-refractivity contribution is 0.0592. The number of hydrogen-bond donors (Lipinski definition) is 1. The number of hydrogen-bond acceptors (Lipinski definition) is 6. The molecule has 7 heteroatoms. The summed E-state index contributed by atoms with van der Waals surface area (Å²) < 4.78 is 9.50. The molecule has 1 aromatic carbocycles. The molecular formula is C18H17NO5S. The van der Waals surface area contributed by atoms with Gasteiger partial charge in [-0.05, 0) is 49.1 Å². The zero-order chi connectivity index (χ0) is 18.0. The first kappa shape index (κ1) is 17.2. The van der Waals surface area contributed by atoms with E-state index in [0.717, 1.165) is 29.7 Å². The fourth-order valence-corrected chi connectivity index (χ4v) is 4.13. The quantitative estimate of drug-likeness (QED) is 0.849. The minimum atomic E-state index is -0.463. The fourth-order valence-electron chi connectivity index (χ4n) is 2.86. The highest BCUT2D eigenvalue weighted by Crippen LogP contribution is 2.39. The maximum Gasteiger partial charge on any atom is 0.341 e. The number of carbonyl (C=O) groups is 3. The van der Waals surface area contributed by atoms with E-state index in [9.17, 15) is 14.4 Å². The van der Waals surface area contributed by atoms with Gasteiger partial charge in [0.05, 0.1) is 25.3 Å². The molecule has 0 saturated carbocycles. The van der Waals surface area contributed by atoms with Crippen LogP contribution < -0.4 is 5.32 Å². The molecule has 6 nitrogen and oxygen atoms in total. The maximum atomic E-state index is 12.5. The smallest absolute Gasteiger partial charge is 0.341 e. The first-order chi connectivity index (χ1) is 12.0. The van der Waals surface area contributed by atoms with Gasteiger partial charge < -0.3 is 14.8 Å². The van der Waals surface area contributed by atoms with E-state index >= 15 is 0 Å². The first-order valence-corrected chi connectivity index (χ1v) is 8.59. The SMILES string of the molecule is COC(=O)c1ccc(C(=O)Nc2sc3c(c2C(=O)OC)CCC3)cc1. The van der Waals surface area contributed by atoms with Gasteiger partial charge in [0.15, 0.2) is 0 Å². The van der Waals surface area contributed by atoms with E-state index in [0.29, 0.717) is 21.7 Å². The van der Waals surface area contributed by atoms with Crippen molar-refractivity contribution in [2.45, 2.75) is 19.3 Å². The summed E-state index contributed by atoms with van der Waals surface area (Å²) in [5.41, 5.74) is 2.19.